The van der Waals surface area contributed by atoms with Crippen molar-refractivity contribution in [2.75, 3.05) is 6.54 Å². The van der Waals surface area contributed by atoms with E-state index in [9.17, 15) is 4.79 Å². The molecular weight excluding hydrogens is 468 g/mol. The summed E-state index contributed by atoms with van der Waals surface area (Å²) in [7, 11) is 0. The smallest absolute Gasteiger partial charge is 0.252 e. The van der Waals surface area contributed by atoms with Gasteiger partial charge in [-0.3, -0.25) is 4.79 Å². The van der Waals surface area contributed by atoms with Crippen molar-refractivity contribution in [1.82, 2.24) is 5.32 Å². The standard InChI is InChI=1S/C30H36N2O5/c1-20-5-4-6-24(13-20)19-35-30(28(33)32-17-22-9-10-22)14-25(27-26(15-30)36-29(2,3)37-27)34-18-23-11-7-21(16-31)8-12-23/h4-8,11-13,22,25-27H,9-10,14-15,17-19H2,1-3H3,(H,32,33)/t25?,26-,27+,30-/m1/s1. The van der Waals surface area contributed by atoms with Crippen molar-refractivity contribution in [2.24, 2.45) is 5.92 Å². The number of nitriles is 1. The first-order valence-corrected chi connectivity index (χ1v) is 13.2. The molecule has 2 saturated carbocycles. The zero-order chi connectivity index (χ0) is 26.0. The third-order valence-corrected chi connectivity index (χ3v) is 7.46. The number of amides is 1. The van der Waals surface area contributed by atoms with Crippen LogP contribution in [-0.4, -0.2) is 42.2 Å². The molecule has 0 aromatic heterocycles. The van der Waals surface area contributed by atoms with Crippen molar-refractivity contribution >= 4 is 5.91 Å². The van der Waals surface area contributed by atoms with Gasteiger partial charge in [0.05, 0.1) is 37.1 Å². The minimum atomic E-state index is -1.10. The van der Waals surface area contributed by atoms with E-state index in [2.05, 4.69) is 17.5 Å². The molecule has 1 unspecified atom stereocenters. The number of benzene rings is 2. The highest BCUT2D eigenvalue weighted by molar-refractivity contribution is 5.85. The van der Waals surface area contributed by atoms with Crippen molar-refractivity contribution in [1.29, 1.82) is 5.26 Å². The van der Waals surface area contributed by atoms with Crippen LogP contribution in [0, 0.1) is 24.2 Å². The van der Waals surface area contributed by atoms with Gasteiger partial charge in [-0.15, -0.1) is 0 Å². The molecule has 1 aliphatic heterocycles. The third kappa shape index (κ3) is 6.22. The van der Waals surface area contributed by atoms with Gasteiger partial charge in [-0.1, -0.05) is 42.0 Å². The van der Waals surface area contributed by atoms with Crippen LogP contribution in [0.4, 0.5) is 0 Å². The zero-order valence-electron chi connectivity index (χ0n) is 21.9. The first kappa shape index (κ1) is 25.9. The SMILES string of the molecule is Cc1cccc(CO[C@]2(C(=O)NCC3CC3)CC(OCc3ccc(C#N)cc3)[C@@H]3OC(C)(C)O[C@@H]3C2)c1. The van der Waals surface area contributed by atoms with Crippen molar-refractivity contribution < 1.29 is 23.7 Å². The van der Waals surface area contributed by atoms with Gasteiger partial charge < -0.3 is 24.3 Å². The molecule has 7 heteroatoms. The van der Waals surface area contributed by atoms with Crippen LogP contribution >= 0.6 is 0 Å². The Kier molecular flexibility index (Phi) is 7.37. The minimum Gasteiger partial charge on any atom is -0.371 e. The number of nitrogens with one attached hydrogen (secondary N) is 1. The Hall–Kier alpha value is -2.76. The molecule has 196 valence electrons. The average molecular weight is 505 g/mol. The second-order valence-corrected chi connectivity index (χ2v) is 11.1. The maximum atomic E-state index is 13.8. The molecular formula is C30H36N2O5. The number of ether oxygens (including phenoxy) is 4. The van der Waals surface area contributed by atoms with Gasteiger partial charge in [0.2, 0.25) is 0 Å². The summed E-state index contributed by atoms with van der Waals surface area (Å²) in [6.07, 6.45) is 2.04. The van der Waals surface area contributed by atoms with E-state index >= 15 is 0 Å². The molecule has 0 radical (unpaired) electrons. The maximum absolute atomic E-state index is 13.8. The fourth-order valence-corrected chi connectivity index (χ4v) is 5.33. The molecule has 7 nitrogen and oxygen atoms in total. The predicted molar refractivity (Wildman–Crippen MR) is 137 cm³/mol. The maximum Gasteiger partial charge on any atom is 0.252 e. The topological polar surface area (TPSA) is 89.8 Å². The Bertz CT molecular complexity index is 1150. The lowest BCUT2D eigenvalue weighted by Gasteiger charge is -2.43. The molecule has 2 aliphatic carbocycles. The molecule has 1 saturated heterocycles. The van der Waals surface area contributed by atoms with Crippen molar-refractivity contribution in [3.8, 4) is 6.07 Å². The van der Waals surface area contributed by atoms with E-state index in [0.717, 1.165) is 29.5 Å². The fraction of sp³-hybridized carbons (Fsp3) is 0.533. The number of hydrogen-bond donors (Lipinski definition) is 1. The number of hydrogen-bond acceptors (Lipinski definition) is 6. The molecule has 37 heavy (non-hydrogen) atoms. The van der Waals surface area contributed by atoms with Gasteiger partial charge in [0.1, 0.15) is 6.10 Å². The van der Waals surface area contributed by atoms with E-state index in [1.165, 1.54) is 0 Å². The summed E-state index contributed by atoms with van der Waals surface area (Å²) in [5, 5.41) is 12.3. The summed E-state index contributed by atoms with van der Waals surface area (Å²) in [4.78, 5) is 13.8. The Balaban J connectivity index is 1.38. The van der Waals surface area contributed by atoms with E-state index in [-0.39, 0.29) is 18.1 Å². The van der Waals surface area contributed by atoms with Gasteiger partial charge in [-0.2, -0.15) is 5.26 Å². The Morgan fingerprint density at radius 2 is 1.86 bits per heavy atom. The highest BCUT2D eigenvalue weighted by Crippen LogP contribution is 2.44. The second-order valence-electron chi connectivity index (χ2n) is 11.1. The predicted octanol–water partition coefficient (Wildman–Crippen LogP) is 4.55. The highest BCUT2D eigenvalue weighted by atomic mass is 16.8. The van der Waals surface area contributed by atoms with Gasteiger partial charge in [-0.25, -0.2) is 0 Å². The van der Waals surface area contributed by atoms with Gasteiger partial charge in [0.15, 0.2) is 11.4 Å². The van der Waals surface area contributed by atoms with Gasteiger partial charge in [-0.05, 0) is 62.8 Å². The number of aryl methyl sites for hydroxylation is 1. The summed E-state index contributed by atoms with van der Waals surface area (Å²) in [5.41, 5.74) is 2.62. The molecule has 3 fully saturated rings. The average Bonchev–Trinajstić information content (AvgIpc) is 3.65. The normalized spacial score (nSPS) is 28.3. The largest absolute Gasteiger partial charge is 0.371 e. The minimum absolute atomic E-state index is 0.106. The monoisotopic (exact) mass is 504 g/mol. The number of carbonyl (C=O) groups excluding carboxylic acids is 1. The molecule has 1 N–H and O–H groups in total. The summed E-state index contributed by atoms with van der Waals surface area (Å²) in [6, 6.07) is 17.6. The van der Waals surface area contributed by atoms with Crippen LogP contribution in [0.1, 0.15) is 61.8 Å². The van der Waals surface area contributed by atoms with E-state index in [0.29, 0.717) is 44.1 Å². The molecule has 4 atom stereocenters. The van der Waals surface area contributed by atoms with Crippen LogP contribution in [0.5, 0.6) is 0 Å². The van der Waals surface area contributed by atoms with E-state index in [4.69, 9.17) is 24.2 Å². The van der Waals surface area contributed by atoms with Crippen LogP contribution in [0.2, 0.25) is 0 Å². The highest BCUT2D eigenvalue weighted by Gasteiger charge is 2.58. The van der Waals surface area contributed by atoms with Crippen LogP contribution in [-0.2, 0) is 37.0 Å². The van der Waals surface area contributed by atoms with E-state index in [1.807, 2.05) is 51.1 Å². The fourth-order valence-electron chi connectivity index (χ4n) is 5.33. The molecule has 1 amide bonds. The molecule has 0 bridgehead atoms. The Labute approximate surface area is 219 Å². The van der Waals surface area contributed by atoms with Crippen molar-refractivity contribution in [2.45, 2.75) is 89.4 Å². The third-order valence-electron chi connectivity index (χ3n) is 7.46. The van der Waals surface area contributed by atoms with Crippen LogP contribution in [0.3, 0.4) is 0 Å². The van der Waals surface area contributed by atoms with Crippen molar-refractivity contribution in [3.05, 3.63) is 70.8 Å². The van der Waals surface area contributed by atoms with Gasteiger partial charge >= 0.3 is 0 Å². The molecule has 0 spiro atoms. The lowest BCUT2D eigenvalue weighted by Crippen LogP contribution is -2.60. The van der Waals surface area contributed by atoms with Crippen LogP contribution in [0.15, 0.2) is 48.5 Å². The van der Waals surface area contributed by atoms with Crippen LogP contribution < -0.4 is 5.32 Å². The first-order valence-electron chi connectivity index (χ1n) is 13.2. The summed E-state index contributed by atoms with van der Waals surface area (Å²) >= 11 is 0. The Morgan fingerprint density at radius 1 is 1.08 bits per heavy atom. The number of rotatable bonds is 9. The molecule has 5 rings (SSSR count). The lowest BCUT2D eigenvalue weighted by molar-refractivity contribution is -0.183. The van der Waals surface area contributed by atoms with E-state index in [1.54, 1.807) is 12.1 Å². The van der Waals surface area contributed by atoms with Crippen molar-refractivity contribution in [3.63, 3.8) is 0 Å². The molecule has 1 heterocycles. The quantitative estimate of drug-likeness (QED) is 0.539. The van der Waals surface area contributed by atoms with Crippen LogP contribution in [0.25, 0.3) is 0 Å². The van der Waals surface area contributed by atoms with Gasteiger partial charge in [0, 0.05) is 19.4 Å². The summed E-state index contributed by atoms with van der Waals surface area (Å²) in [6.45, 7) is 7.16. The number of nitrogens with zero attached hydrogens (tertiary/aromatic N) is 1. The summed E-state index contributed by atoms with van der Waals surface area (Å²) in [5.74, 6) is -0.323. The number of fused-ring (bicyclic) bond motifs is 1. The van der Waals surface area contributed by atoms with E-state index < -0.39 is 17.5 Å². The molecule has 3 aliphatic rings. The summed E-state index contributed by atoms with van der Waals surface area (Å²) < 4.78 is 25.5. The van der Waals surface area contributed by atoms with Gasteiger partial charge in [0.25, 0.3) is 5.91 Å². The second kappa shape index (κ2) is 10.5. The molecule has 2 aromatic rings. The Morgan fingerprint density at radius 3 is 2.57 bits per heavy atom. The first-order chi connectivity index (χ1) is 17.7. The zero-order valence-corrected chi connectivity index (χ0v) is 21.9. The number of carbonyl (C=O) groups is 1. The lowest BCUT2D eigenvalue weighted by atomic mass is 9.78. The molecule has 2 aromatic carbocycles.